The number of pyridine rings is 1. The molecule has 2 atom stereocenters. The number of ether oxygens (including phenoxy) is 1. The van der Waals surface area contributed by atoms with E-state index in [1.807, 2.05) is 24.8 Å². The van der Waals surface area contributed by atoms with E-state index in [1.54, 1.807) is 6.07 Å². The van der Waals surface area contributed by atoms with Gasteiger partial charge in [0.15, 0.2) is 0 Å². The maximum absolute atomic E-state index is 9.19. The number of hydrogen-bond donors (Lipinski definition) is 1. The molecule has 0 spiro atoms. The first-order valence-electron chi connectivity index (χ1n) is 6.02. The Morgan fingerprint density at radius 1 is 1.61 bits per heavy atom. The third-order valence-electron chi connectivity index (χ3n) is 3.12. The first-order valence-corrected chi connectivity index (χ1v) is 6.02. The van der Waals surface area contributed by atoms with Crippen LogP contribution in [-0.4, -0.2) is 42.0 Å². The lowest BCUT2D eigenvalue weighted by Gasteiger charge is -2.38. The number of hydrogen-bond acceptors (Lipinski definition) is 5. The molecular weight excluding hydrogens is 230 g/mol. The van der Waals surface area contributed by atoms with Gasteiger partial charge in [-0.25, -0.2) is 4.98 Å². The highest BCUT2D eigenvalue weighted by Gasteiger charge is 2.28. The lowest BCUT2D eigenvalue weighted by atomic mass is 10.1. The second-order valence-electron chi connectivity index (χ2n) is 4.57. The predicted octanol–water partition coefficient (Wildman–Crippen LogP) is 0.848. The van der Waals surface area contributed by atoms with Gasteiger partial charge in [-0.15, -0.1) is 0 Å². The number of aliphatic hydroxyl groups is 1. The summed E-state index contributed by atoms with van der Waals surface area (Å²) in [6.07, 6.45) is -0.213. The molecule has 0 saturated carbocycles. The maximum Gasteiger partial charge on any atom is 0.147 e. The highest BCUT2D eigenvalue weighted by molar-refractivity contribution is 5.55. The van der Waals surface area contributed by atoms with Crippen LogP contribution in [0.2, 0.25) is 0 Å². The predicted molar refractivity (Wildman–Crippen MR) is 67.3 cm³/mol. The largest absolute Gasteiger partial charge is 0.394 e. The van der Waals surface area contributed by atoms with Crippen LogP contribution >= 0.6 is 0 Å². The zero-order chi connectivity index (χ0) is 13.1. The van der Waals surface area contributed by atoms with Crippen molar-refractivity contribution in [3.8, 4) is 6.07 Å². The van der Waals surface area contributed by atoms with Crippen LogP contribution in [0.15, 0.2) is 12.1 Å². The summed E-state index contributed by atoms with van der Waals surface area (Å²) in [7, 11) is 0. The Morgan fingerprint density at radius 3 is 3.06 bits per heavy atom. The minimum atomic E-state index is -0.213. The van der Waals surface area contributed by atoms with E-state index >= 15 is 0 Å². The molecule has 1 saturated heterocycles. The molecule has 2 rings (SSSR count). The second kappa shape index (κ2) is 5.34. The van der Waals surface area contributed by atoms with Crippen LogP contribution in [-0.2, 0) is 4.74 Å². The summed E-state index contributed by atoms with van der Waals surface area (Å²) < 4.78 is 5.49. The maximum atomic E-state index is 9.19. The Kier molecular flexibility index (Phi) is 3.80. The van der Waals surface area contributed by atoms with Gasteiger partial charge in [0.1, 0.15) is 11.9 Å². The van der Waals surface area contributed by atoms with Gasteiger partial charge >= 0.3 is 0 Å². The summed E-state index contributed by atoms with van der Waals surface area (Å²) in [4.78, 5) is 6.49. The minimum Gasteiger partial charge on any atom is -0.394 e. The average molecular weight is 247 g/mol. The van der Waals surface area contributed by atoms with Gasteiger partial charge in [0.2, 0.25) is 0 Å². The summed E-state index contributed by atoms with van der Waals surface area (Å²) in [6.45, 7) is 5.00. The average Bonchev–Trinajstić information content (AvgIpc) is 2.39. The van der Waals surface area contributed by atoms with E-state index in [0.717, 1.165) is 5.69 Å². The van der Waals surface area contributed by atoms with Gasteiger partial charge in [-0.3, -0.25) is 0 Å². The zero-order valence-corrected chi connectivity index (χ0v) is 10.6. The molecule has 0 amide bonds. The Hall–Kier alpha value is -1.64. The minimum absolute atomic E-state index is 0.0169. The van der Waals surface area contributed by atoms with Crippen molar-refractivity contribution >= 4 is 5.82 Å². The van der Waals surface area contributed by atoms with Crippen molar-refractivity contribution in [3.63, 3.8) is 0 Å². The van der Waals surface area contributed by atoms with Crippen LogP contribution in [0, 0.1) is 18.3 Å². The van der Waals surface area contributed by atoms with Gasteiger partial charge in [-0.05, 0) is 26.0 Å². The fourth-order valence-corrected chi connectivity index (χ4v) is 2.07. The molecule has 96 valence electrons. The highest BCUT2D eigenvalue weighted by Crippen LogP contribution is 2.23. The van der Waals surface area contributed by atoms with E-state index in [0.29, 0.717) is 24.5 Å². The van der Waals surface area contributed by atoms with Gasteiger partial charge in [0, 0.05) is 12.2 Å². The third-order valence-corrected chi connectivity index (χ3v) is 3.12. The topological polar surface area (TPSA) is 69.4 Å². The normalized spacial score (nSPS) is 23.8. The molecule has 1 fully saturated rings. The lowest BCUT2D eigenvalue weighted by Crippen LogP contribution is -2.50. The second-order valence-corrected chi connectivity index (χ2v) is 4.57. The standard InChI is InChI=1S/C13H17N3O2/c1-9-3-4-11(5-14)13(15-9)16-6-12(7-17)18-8-10(16)2/h3-4,10,12,17H,6-8H2,1-2H3. The van der Waals surface area contributed by atoms with Crippen LogP contribution in [0.4, 0.5) is 5.82 Å². The molecule has 1 aromatic heterocycles. The number of nitriles is 1. The molecule has 0 aromatic carbocycles. The smallest absolute Gasteiger partial charge is 0.147 e. The summed E-state index contributed by atoms with van der Waals surface area (Å²) in [5, 5.41) is 18.3. The Bertz CT molecular complexity index is 470. The monoisotopic (exact) mass is 247 g/mol. The molecule has 0 radical (unpaired) electrons. The molecule has 1 aliphatic heterocycles. The number of morpholine rings is 1. The Balaban J connectivity index is 2.34. The van der Waals surface area contributed by atoms with E-state index in [9.17, 15) is 5.11 Å². The lowest BCUT2D eigenvalue weighted by molar-refractivity contribution is -0.0106. The number of aromatic nitrogens is 1. The Morgan fingerprint density at radius 2 is 2.39 bits per heavy atom. The highest BCUT2D eigenvalue weighted by atomic mass is 16.5. The molecule has 0 aliphatic carbocycles. The van der Waals surface area contributed by atoms with Crippen molar-refractivity contribution in [2.75, 3.05) is 24.7 Å². The van der Waals surface area contributed by atoms with E-state index in [-0.39, 0.29) is 18.8 Å². The Labute approximate surface area is 107 Å². The number of anilines is 1. The first-order chi connectivity index (χ1) is 8.65. The summed E-state index contributed by atoms with van der Waals surface area (Å²) in [5.41, 5.74) is 1.44. The number of aryl methyl sites for hydroxylation is 1. The van der Waals surface area contributed by atoms with Gasteiger partial charge in [-0.2, -0.15) is 5.26 Å². The number of aliphatic hydroxyl groups excluding tert-OH is 1. The third kappa shape index (κ3) is 2.45. The molecular formula is C13H17N3O2. The zero-order valence-electron chi connectivity index (χ0n) is 10.6. The van der Waals surface area contributed by atoms with Crippen LogP contribution in [0.5, 0.6) is 0 Å². The summed E-state index contributed by atoms with van der Waals surface area (Å²) in [6, 6.07) is 5.93. The quantitative estimate of drug-likeness (QED) is 0.839. The molecule has 2 heterocycles. The van der Waals surface area contributed by atoms with E-state index in [1.165, 1.54) is 0 Å². The molecule has 18 heavy (non-hydrogen) atoms. The van der Waals surface area contributed by atoms with E-state index in [2.05, 4.69) is 11.1 Å². The van der Waals surface area contributed by atoms with Crippen molar-refractivity contribution in [2.24, 2.45) is 0 Å². The van der Waals surface area contributed by atoms with E-state index < -0.39 is 0 Å². The summed E-state index contributed by atoms with van der Waals surface area (Å²) >= 11 is 0. The molecule has 5 heteroatoms. The fraction of sp³-hybridized carbons (Fsp3) is 0.538. The van der Waals surface area contributed by atoms with Gasteiger partial charge in [-0.1, -0.05) is 0 Å². The van der Waals surface area contributed by atoms with Crippen molar-refractivity contribution < 1.29 is 9.84 Å². The molecule has 2 unspecified atom stereocenters. The van der Waals surface area contributed by atoms with Crippen molar-refractivity contribution in [3.05, 3.63) is 23.4 Å². The van der Waals surface area contributed by atoms with Gasteiger partial charge in [0.05, 0.1) is 30.9 Å². The van der Waals surface area contributed by atoms with Crippen molar-refractivity contribution in [1.82, 2.24) is 4.98 Å². The first kappa shape index (κ1) is 12.8. The molecule has 1 N–H and O–H groups in total. The van der Waals surface area contributed by atoms with E-state index in [4.69, 9.17) is 10.00 Å². The summed E-state index contributed by atoms with van der Waals surface area (Å²) in [5.74, 6) is 0.687. The van der Waals surface area contributed by atoms with Crippen molar-refractivity contribution in [1.29, 1.82) is 5.26 Å². The van der Waals surface area contributed by atoms with Gasteiger partial charge in [0.25, 0.3) is 0 Å². The molecule has 1 aromatic rings. The molecule has 5 nitrogen and oxygen atoms in total. The van der Waals surface area contributed by atoms with Gasteiger partial charge < -0.3 is 14.7 Å². The number of rotatable bonds is 2. The van der Waals surface area contributed by atoms with Crippen molar-refractivity contribution in [2.45, 2.75) is 26.0 Å². The van der Waals surface area contributed by atoms with Crippen LogP contribution in [0.3, 0.4) is 0 Å². The SMILES string of the molecule is Cc1ccc(C#N)c(N2CC(CO)OCC2C)n1. The molecule has 0 bridgehead atoms. The fourth-order valence-electron chi connectivity index (χ4n) is 2.07. The molecule has 1 aliphatic rings. The van der Waals surface area contributed by atoms with Crippen LogP contribution in [0.1, 0.15) is 18.2 Å². The van der Waals surface area contributed by atoms with Crippen LogP contribution < -0.4 is 4.90 Å². The number of nitrogens with zero attached hydrogens (tertiary/aromatic N) is 3. The van der Waals surface area contributed by atoms with Crippen LogP contribution in [0.25, 0.3) is 0 Å².